The summed E-state index contributed by atoms with van der Waals surface area (Å²) in [6.45, 7) is 1.69. The zero-order chi connectivity index (χ0) is 21.8. The fourth-order valence-corrected chi connectivity index (χ4v) is 5.96. The molecule has 2 heterocycles. The molecule has 0 bridgehead atoms. The third-order valence-electron chi connectivity index (χ3n) is 5.90. The van der Waals surface area contributed by atoms with Crippen molar-refractivity contribution in [3.63, 3.8) is 0 Å². The van der Waals surface area contributed by atoms with Gasteiger partial charge >= 0.3 is 0 Å². The van der Waals surface area contributed by atoms with Crippen LogP contribution in [-0.2, 0) is 22.9 Å². The quantitative estimate of drug-likeness (QED) is 0.391. The van der Waals surface area contributed by atoms with E-state index in [1.807, 2.05) is 18.2 Å². The number of anilines is 1. The molecule has 1 atom stereocenters. The first-order valence-corrected chi connectivity index (χ1v) is 11.7. The normalized spacial score (nSPS) is 16.5. The monoisotopic (exact) mass is 437 g/mol. The number of benzene rings is 2. The van der Waals surface area contributed by atoms with Crippen molar-refractivity contribution in [1.82, 2.24) is 19.7 Å². The fraction of sp³-hybridized carbons (Fsp3) is 0.273. The van der Waals surface area contributed by atoms with Gasteiger partial charge in [-0.25, -0.2) is 18.1 Å². The predicted octanol–water partition coefficient (Wildman–Crippen LogP) is 2.59. The number of hydrogen-bond acceptors (Lipinski definition) is 5. The first-order valence-electron chi connectivity index (χ1n) is 10.2. The van der Waals surface area contributed by atoms with Gasteiger partial charge in [0.25, 0.3) is 5.56 Å². The highest BCUT2D eigenvalue weighted by Crippen LogP contribution is 2.31. The number of aromatic amines is 2. The van der Waals surface area contributed by atoms with E-state index in [4.69, 9.17) is 0 Å². The molecule has 0 fully saturated rings. The van der Waals surface area contributed by atoms with Crippen LogP contribution < -0.4 is 15.6 Å². The molecule has 0 saturated carbocycles. The second-order valence-corrected chi connectivity index (χ2v) is 9.64. The van der Waals surface area contributed by atoms with E-state index >= 15 is 0 Å². The van der Waals surface area contributed by atoms with Gasteiger partial charge in [-0.3, -0.25) is 4.79 Å². The van der Waals surface area contributed by atoms with Crippen LogP contribution in [0.5, 0.6) is 0 Å². The Morgan fingerprint density at radius 2 is 1.94 bits per heavy atom. The van der Waals surface area contributed by atoms with Gasteiger partial charge in [-0.2, -0.15) is 0 Å². The van der Waals surface area contributed by atoms with Crippen molar-refractivity contribution in [1.29, 1.82) is 0 Å². The van der Waals surface area contributed by atoms with Crippen LogP contribution in [0.1, 0.15) is 23.5 Å². The van der Waals surface area contributed by atoms with Gasteiger partial charge in [-0.05, 0) is 43.5 Å². The van der Waals surface area contributed by atoms with Gasteiger partial charge in [-0.1, -0.05) is 18.2 Å². The molecule has 160 valence electrons. The number of rotatable bonds is 4. The van der Waals surface area contributed by atoms with Crippen molar-refractivity contribution in [2.45, 2.75) is 37.1 Å². The summed E-state index contributed by atoms with van der Waals surface area (Å²) in [5, 5.41) is 4.37. The van der Waals surface area contributed by atoms with Crippen molar-refractivity contribution in [2.75, 3.05) is 12.4 Å². The highest BCUT2D eigenvalue weighted by Gasteiger charge is 2.28. The van der Waals surface area contributed by atoms with Crippen molar-refractivity contribution in [3.8, 4) is 0 Å². The summed E-state index contributed by atoms with van der Waals surface area (Å²) in [6, 6.07) is 10.9. The number of sulfonamides is 1. The third-order valence-corrected chi connectivity index (χ3v) is 7.46. The molecule has 0 aliphatic heterocycles. The lowest BCUT2D eigenvalue weighted by molar-refractivity contribution is 0.505. The lowest BCUT2D eigenvalue weighted by Crippen LogP contribution is -2.39. The number of para-hydroxylation sites is 1. The smallest absolute Gasteiger partial charge is 0.258 e. The maximum absolute atomic E-state index is 13.3. The Balaban J connectivity index is 1.49. The summed E-state index contributed by atoms with van der Waals surface area (Å²) in [6.07, 6.45) is 2.09. The van der Waals surface area contributed by atoms with Crippen LogP contribution >= 0.6 is 0 Å². The average molecular weight is 438 g/mol. The molecule has 5 rings (SSSR count). The Kier molecular flexibility index (Phi) is 4.60. The molecule has 0 unspecified atom stereocenters. The molecule has 0 amide bonds. The van der Waals surface area contributed by atoms with Crippen LogP contribution in [0.3, 0.4) is 0 Å². The molecular weight excluding hydrogens is 414 g/mol. The van der Waals surface area contributed by atoms with Crippen molar-refractivity contribution >= 4 is 37.5 Å². The molecule has 1 aliphatic carbocycles. The fourth-order valence-electron chi connectivity index (χ4n) is 4.47. The van der Waals surface area contributed by atoms with Gasteiger partial charge in [0, 0.05) is 36.1 Å². The maximum atomic E-state index is 13.3. The second-order valence-electron chi connectivity index (χ2n) is 7.96. The number of nitrogens with one attached hydrogen (secondary N) is 4. The molecule has 1 aliphatic rings. The molecule has 4 aromatic rings. The first kappa shape index (κ1) is 19.8. The zero-order valence-corrected chi connectivity index (χ0v) is 18.1. The molecule has 9 heteroatoms. The molecule has 2 aromatic heterocycles. The molecule has 0 saturated heterocycles. The number of hydrogen-bond donors (Lipinski definition) is 4. The SMILES string of the molecule is CNc1cc2nc(C)[nH]c(=O)c2cc1S(=O)(=O)N[C@@H]1CCc2c([nH]c3ccccc23)C1. The van der Waals surface area contributed by atoms with E-state index in [1.165, 1.54) is 17.0 Å². The average Bonchev–Trinajstić information content (AvgIpc) is 3.10. The minimum atomic E-state index is -3.86. The number of aromatic nitrogens is 3. The van der Waals surface area contributed by atoms with Crippen molar-refractivity contribution in [3.05, 3.63) is 63.8 Å². The molecule has 0 radical (unpaired) electrons. The van der Waals surface area contributed by atoms with E-state index in [9.17, 15) is 13.2 Å². The Morgan fingerprint density at radius 1 is 1.13 bits per heavy atom. The van der Waals surface area contributed by atoms with Gasteiger partial charge in [0.15, 0.2) is 0 Å². The number of fused-ring (bicyclic) bond motifs is 4. The number of aryl methyl sites for hydroxylation is 2. The van der Waals surface area contributed by atoms with Crippen molar-refractivity contribution in [2.24, 2.45) is 0 Å². The summed E-state index contributed by atoms with van der Waals surface area (Å²) in [5.41, 5.74) is 3.90. The Labute approximate surface area is 179 Å². The lowest BCUT2D eigenvalue weighted by Gasteiger charge is -2.24. The summed E-state index contributed by atoms with van der Waals surface area (Å²) in [4.78, 5) is 22.8. The van der Waals surface area contributed by atoms with Crippen LogP contribution in [0.4, 0.5) is 5.69 Å². The molecule has 4 N–H and O–H groups in total. The van der Waals surface area contributed by atoms with E-state index < -0.39 is 10.0 Å². The maximum Gasteiger partial charge on any atom is 0.258 e. The topological polar surface area (TPSA) is 120 Å². The first-order chi connectivity index (χ1) is 14.9. The highest BCUT2D eigenvalue weighted by molar-refractivity contribution is 7.89. The molecular formula is C22H23N5O3S. The van der Waals surface area contributed by atoms with E-state index in [0.717, 1.165) is 17.6 Å². The van der Waals surface area contributed by atoms with Gasteiger partial charge in [-0.15, -0.1) is 0 Å². The van der Waals surface area contributed by atoms with Crippen LogP contribution in [0.25, 0.3) is 21.8 Å². The minimum absolute atomic E-state index is 0.0427. The predicted molar refractivity (Wildman–Crippen MR) is 121 cm³/mol. The minimum Gasteiger partial charge on any atom is -0.387 e. The van der Waals surface area contributed by atoms with Crippen LogP contribution in [0.15, 0.2) is 46.1 Å². The van der Waals surface area contributed by atoms with Crippen LogP contribution in [0, 0.1) is 6.92 Å². The standard InChI is InChI=1S/C22H23N5O3S/c1-12-24-19-11-20(23-2)21(10-16(19)22(28)25-12)31(29,30)27-13-7-8-15-14-5-3-4-6-17(14)26-18(15)9-13/h3-6,10-11,13,23,26-27H,7-9H2,1-2H3,(H,24,25,28)/t13-/m1/s1. The van der Waals surface area contributed by atoms with Gasteiger partial charge < -0.3 is 15.3 Å². The van der Waals surface area contributed by atoms with Crippen LogP contribution in [0.2, 0.25) is 0 Å². The Bertz CT molecular complexity index is 1490. The molecule has 8 nitrogen and oxygen atoms in total. The lowest BCUT2D eigenvalue weighted by atomic mass is 9.92. The van der Waals surface area contributed by atoms with Crippen molar-refractivity contribution < 1.29 is 8.42 Å². The zero-order valence-electron chi connectivity index (χ0n) is 17.2. The molecule has 31 heavy (non-hydrogen) atoms. The summed E-state index contributed by atoms with van der Waals surface area (Å²) in [7, 11) is -2.21. The van der Waals surface area contributed by atoms with Crippen LogP contribution in [-0.4, -0.2) is 36.5 Å². The van der Waals surface area contributed by atoms with Gasteiger partial charge in [0.05, 0.1) is 16.6 Å². The van der Waals surface area contributed by atoms with E-state index in [1.54, 1.807) is 20.0 Å². The van der Waals surface area contributed by atoms with E-state index in [2.05, 4.69) is 31.1 Å². The van der Waals surface area contributed by atoms with Gasteiger partial charge in [0.2, 0.25) is 10.0 Å². The van der Waals surface area contributed by atoms with E-state index in [0.29, 0.717) is 29.9 Å². The molecule has 0 spiro atoms. The number of nitrogens with zero attached hydrogens (tertiary/aromatic N) is 1. The summed E-state index contributed by atoms with van der Waals surface area (Å²) in [5.74, 6) is 0.477. The third kappa shape index (κ3) is 3.39. The van der Waals surface area contributed by atoms with Gasteiger partial charge in [0.1, 0.15) is 10.7 Å². The Hall–Kier alpha value is -3.17. The Morgan fingerprint density at radius 3 is 2.74 bits per heavy atom. The largest absolute Gasteiger partial charge is 0.387 e. The highest BCUT2D eigenvalue weighted by atomic mass is 32.2. The molecule has 2 aromatic carbocycles. The second kappa shape index (κ2) is 7.21. The number of H-pyrrole nitrogens is 2. The summed E-state index contributed by atoms with van der Waals surface area (Å²) >= 11 is 0. The van der Waals surface area contributed by atoms with E-state index in [-0.39, 0.29) is 21.9 Å². The summed E-state index contributed by atoms with van der Waals surface area (Å²) < 4.78 is 29.4.